The van der Waals surface area contributed by atoms with E-state index in [2.05, 4.69) is 32.8 Å². The molecule has 1 fully saturated rings. The van der Waals surface area contributed by atoms with E-state index in [0.717, 1.165) is 34.0 Å². The average Bonchev–Trinajstić information content (AvgIpc) is 3.43. The van der Waals surface area contributed by atoms with E-state index in [0.29, 0.717) is 16.6 Å². The van der Waals surface area contributed by atoms with Gasteiger partial charge >= 0.3 is 5.97 Å². The third kappa shape index (κ3) is 4.35. The highest BCUT2D eigenvalue weighted by Crippen LogP contribution is 2.46. The van der Waals surface area contributed by atoms with Crippen molar-refractivity contribution in [1.82, 2.24) is 14.9 Å². The summed E-state index contributed by atoms with van der Waals surface area (Å²) in [5.41, 5.74) is 5.89. The van der Waals surface area contributed by atoms with Crippen molar-refractivity contribution in [1.29, 1.82) is 0 Å². The first-order valence-corrected chi connectivity index (χ1v) is 12.5. The maximum Gasteiger partial charge on any atom is 0.335 e. The van der Waals surface area contributed by atoms with Crippen LogP contribution in [0.5, 0.6) is 11.5 Å². The molecule has 2 aromatic heterocycles. The fraction of sp³-hybridized carbons (Fsp3) is 0.207. The number of hydrogen-bond acceptors (Lipinski definition) is 5. The number of aromatic nitrogens is 2. The molecular formula is C29H28N4O4S. The molecule has 2 N–H and O–H groups in total. The average molecular weight is 529 g/mol. The summed E-state index contributed by atoms with van der Waals surface area (Å²) in [4.78, 5) is 18.1. The van der Waals surface area contributed by atoms with Crippen LogP contribution in [0.2, 0.25) is 0 Å². The molecule has 38 heavy (non-hydrogen) atoms. The van der Waals surface area contributed by atoms with Crippen LogP contribution in [0.3, 0.4) is 0 Å². The Morgan fingerprint density at radius 1 is 1.03 bits per heavy atom. The number of thiocarbonyl (C=S) groups is 1. The molecule has 1 saturated heterocycles. The highest BCUT2D eigenvalue weighted by Gasteiger charge is 2.43. The molecule has 2 atom stereocenters. The fourth-order valence-corrected chi connectivity index (χ4v) is 5.49. The second-order valence-electron chi connectivity index (χ2n) is 9.05. The molecule has 0 unspecified atom stereocenters. The van der Waals surface area contributed by atoms with Gasteiger partial charge in [-0.3, -0.25) is 4.98 Å². The number of pyridine rings is 1. The molecule has 1 aliphatic rings. The molecule has 2 aromatic carbocycles. The molecule has 0 bridgehead atoms. The zero-order chi connectivity index (χ0) is 27.0. The van der Waals surface area contributed by atoms with E-state index in [-0.39, 0.29) is 17.6 Å². The van der Waals surface area contributed by atoms with Crippen LogP contribution in [0.15, 0.2) is 72.9 Å². The number of methoxy groups -OCH3 is 2. The van der Waals surface area contributed by atoms with Crippen molar-refractivity contribution in [3.63, 3.8) is 0 Å². The number of ether oxygens (including phenoxy) is 2. The van der Waals surface area contributed by atoms with E-state index in [1.165, 1.54) is 0 Å². The molecule has 0 aliphatic carbocycles. The number of carbonyl (C=O) groups is 1. The van der Waals surface area contributed by atoms with Gasteiger partial charge in [-0.15, -0.1) is 0 Å². The molecule has 9 heteroatoms. The van der Waals surface area contributed by atoms with Crippen LogP contribution in [0.25, 0.3) is 5.69 Å². The van der Waals surface area contributed by atoms with E-state index in [1.807, 2.05) is 55.5 Å². The molecular weight excluding hydrogens is 500 g/mol. The number of aryl methyl sites for hydroxylation is 1. The maximum absolute atomic E-state index is 11.4. The summed E-state index contributed by atoms with van der Waals surface area (Å²) in [7, 11) is 3.25. The van der Waals surface area contributed by atoms with Crippen LogP contribution >= 0.6 is 12.2 Å². The summed E-state index contributed by atoms with van der Waals surface area (Å²) >= 11 is 5.90. The summed E-state index contributed by atoms with van der Waals surface area (Å²) in [6, 6.07) is 20.1. The summed E-state index contributed by atoms with van der Waals surface area (Å²) in [5, 5.41) is 13.4. The minimum atomic E-state index is -0.953. The van der Waals surface area contributed by atoms with Gasteiger partial charge in [-0.05, 0) is 86.2 Å². The molecule has 0 radical (unpaired) electrons. The summed E-state index contributed by atoms with van der Waals surface area (Å²) in [6.45, 7) is 4.10. The smallest absolute Gasteiger partial charge is 0.335 e. The third-order valence-electron chi connectivity index (χ3n) is 6.91. The lowest BCUT2D eigenvalue weighted by Gasteiger charge is -2.29. The second kappa shape index (κ2) is 10.2. The molecule has 1 aliphatic heterocycles. The van der Waals surface area contributed by atoms with E-state index in [1.54, 1.807) is 32.5 Å². The predicted octanol–water partition coefficient (Wildman–Crippen LogP) is 5.38. The molecule has 0 amide bonds. The Kier molecular flexibility index (Phi) is 6.77. The normalized spacial score (nSPS) is 16.8. The van der Waals surface area contributed by atoms with Gasteiger partial charge in [0.1, 0.15) is 11.5 Å². The number of aromatic carboxylic acids is 1. The lowest BCUT2D eigenvalue weighted by Crippen LogP contribution is -2.30. The lowest BCUT2D eigenvalue weighted by atomic mass is 9.96. The predicted molar refractivity (Wildman–Crippen MR) is 150 cm³/mol. The maximum atomic E-state index is 11.4. The Morgan fingerprint density at radius 3 is 2.42 bits per heavy atom. The van der Waals surface area contributed by atoms with Crippen LogP contribution in [0, 0.1) is 13.8 Å². The Hall–Kier alpha value is -4.37. The Labute approximate surface area is 226 Å². The van der Waals surface area contributed by atoms with Crippen LogP contribution in [0.4, 0.5) is 5.69 Å². The monoisotopic (exact) mass is 528 g/mol. The van der Waals surface area contributed by atoms with Gasteiger partial charge in [-0.2, -0.15) is 0 Å². The zero-order valence-corrected chi connectivity index (χ0v) is 22.3. The van der Waals surface area contributed by atoms with Gasteiger partial charge in [-0.25, -0.2) is 4.79 Å². The highest BCUT2D eigenvalue weighted by molar-refractivity contribution is 7.80. The number of carboxylic acid groups (broad SMARTS) is 1. The number of nitrogens with zero attached hydrogens (tertiary/aromatic N) is 3. The summed E-state index contributed by atoms with van der Waals surface area (Å²) < 4.78 is 13.3. The molecule has 4 aromatic rings. The van der Waals surface area contributed by atoms with Gasteiger partial charge in [0, 0.05) is 29.3 Å². The third-order valence-corrected chi connectivity index (χ3v) is 7.22. The van der Waals surface area contributed by atoms with Crippen molar-refractivity contribution >= 4 is 29.0 Å². The van der Waals surface area contributed by atoms with Crippen LogP contribution < -0.4 is 19.7 Å². The molecule has 194 valence electrons. The lowest BCUT2D eigenvalue weighted by molar-refractivity contribution is 0.0697. The van der Waals surface area contributed by atoms with Crippen LogP contribution in [0.1, 0.15) is 45.1 Å². The minimum absolute atomic E-state index is 0.223. The second-order valence-corrected chi connectivity index (χ2v) is 9.43. The fourth-order valence-electron chi connectivity index (χ4n) is 5.15. The number of carboxylic acids is 1. The van der Waals surface area contributed by atoms with Crippen molar-refractivity contribution in [2.75, 3.05) is 19.1 Å². The first-order chi connectivity index (χ1) is 18.3. The molecule has 0 saturated carbocycles. The van der Waals surface area contributed by atoms with Crippen molar-refractivity contribution in [3.05, 3.63) is 101 Å². The molecule has 3 heterocycles. The summed E-state index contributed by atoms with van der Waals surface area (Å²) in [5.74, 6) is 0.369. The van der Waals surface area contributed by atoms with Gasteiger partial charge in [0.15, 0.2) is 5.11 Å². The Balaban J connectivity index is 1.67. The largest absolute Gasteiger partial charge is 0.497 e. The van der Waals surface area contributed by atoms with E-state index in [9.17, 15) is 9.90 Å². The van der Waals surface area contributed by atoms with Gasteiger partial charge in [0.25, 0.3) is 0 Å². The molecule has 5 rings (SSSR count). The highest BCUT2D eigenvalue weighted by atomic mass is 32.1. The standard InChI is InChI=1S/C29H28N4O4S/c1-17-15-22(18(2)32(17)20-10-8-19(9-11-20)28(34)35)27-26(23-7-5-6-14-30-23)31-29(38)33(27)24-13-12-21(36-3)16-25(24)37-4/h5-16,26-27H,1-4H3,(H,31,38)(H,34,35)/t26-,27+/m1/s1. The molecule has 8 nitrogen and oxygen atoms in total. The SMILES string of the molecule is COc1ccc(N2C(=S)N[C@H](c3ccccn3)[C@@H]2c2cc(C)n(-c3ccc(C(=O)O)cc3)c2C)c(OC)c1. The number of benzene rings is 2. The zero-order valence-electron chi connectivity index (χ0n) is 21.5. The Bertz CT molecular complexity index is 1500. The number of rotatable bonds is 7. The molecule has 0 spiro atoms. The van der Waals surface area contributed by atoms with Gasteiger partial charge in [0.2, 0.25) is 0 Å². The topological polar surface area (TPSA) is 88.9 Å². The van der Waals surface area contributed by atoms with Crippen LogP contribution in [-0.2, 0) is 0 Å². The van der Waals surface area contributed by atoms with E-state index < -0.39 is 5.97 Å². The van der Waals surface area contributed by atoms with Crippen LogP contribution in [-0.4, -0.2) is 40.0 Å². The Morgan fingerprint density at radius 2 is 1.79 bits per heavy atom. The number of hydrogen-bond donors (Lipinski definition) is 2. The van der Waals surface area contributed by atoms with Gasteiger partial charge in [-0.1, -0.05) is 6.07 Å². The van der Waals surface area contributed by atoms with Crippen molar-refractivity contribution < 1.29 is 19.4 Å². The van der Waals surface area contributed by atoms with Gasteiger partial charge in [0.05, 0.1) is 43.2 Å². The van der Waals surface area contributed by atoms with E-state index in [4.69, 9.17) is 21.7 Å². The quantitative estimate of drug-likeness (QED) is 0.309. The van der Waals surface area contributed by atoms with Crippen molar-refractivity contribution in [2.24, 2.45) is 0 Å². The first kappa shape index (κ1) is 25.3. The van der Waals surface area contributed by atoms with E-state index >= 15 is 0 Å². The minimum Gasteiger partial charge on any atom is -0.497 e. The number of nitrogens with one attached hydrogen (secondary N) is 1. The van der Waals surface area contributed by atoms with Crippen molar-refractivity contribution in [3.8, 4) is 17.2 Å². The number of anilines is 1. The summed E-state index contributed by atoms with van der Waals surface area (Å²) in [6.07, 6.45) is 1.78. The van der Waals surface area contributed by atoms with Gasteiger partial charge < -0.3 is 29.4 Å². The van der Waals surface area contributed by atoms with Crippen molar-refractivity contribution in [2.45, 2.75) is 25.9 Å². The first-order valence-electron chi connectivity index (χ1n) is 12.1.